The Morgan fingerprint density at radius 3 is 2.19 bits per heavy atom. The van der Waals surface area contributed by atoms with Crippen molar-refractivity contribution < 1.29 is 38.6 Å². The molecule has 5 atom stereocenters. The van der Waals surface area contributed by atoms with Crippen molar-refractivity contribution in [2.75, 3.05) is 26.7 Å². The van der Waals surface area contributed by atoms with E-state index in [1.807, 2.05) is 24.3 Å². The molecule has 1 heterocycles. The molecule has 0 aromatic heterocycles. The Bertz CT molecular complexity index is 2260. The van der Waals surface area contributed by atoms with Crippen LogP contribution in [0.15, 0.2) is 84.9 Å². The zero-order valence-electron chi connectivity index (χ0n) is 35.8. The van der Waals surface area contributed by atoms with Gasteiger partial charge in [-0.1, -0.05) is 80.4 Å². The van der Waals surface area contributed by atoms with Crippen molar-refractivity contribution in [1.82, 2.24) is 10.2 Å². The molecule has 328 valence electrons. The highest BCUT2D eigenvalue weighted by atomic mass is 35.5. The minimum Gasteiger partial charge on any atom is -0.507 e. The molecule has 4 aromatic carbocycles. The highest BCUT2D eigenvalue weighted by Gasteiger charge is 2.36. The second-order valence-corrected chi connectivity index (χ2v) is 16.7. The van der Waals surface area contributed by atoms with Crippen molar-refractivity contribution in [3.63, 3.8) is 0 Å². The van der Waals surface area contributed by atoms with Crippen LogP contribution in [-0.4, -0.2) is 77.7 Å². The van der Waals surface area contributed by atoms with Crippen LogP contribution in [-0.2, 0) is 30.4 Å². The molecule has 13 heteroatoms. The maximum atomic E-state index is 14.8. The van der Waals surface area contributed by atoms with Crippen molar-refractivity contribution in [2.45, 2.75) is 77.8 Å². The maximum absolute atomic E-state index is 14.8. The summed E-state index contributed by atoms with van der Waals surface area (Å²) in [6.07, 6.45) is 1.06. The second-order valence-electron chi connectivity index (χ2n) is 16.3. The topological polar surface area (TPSA) is 199 Å². The lowest BCUT2D eigenvalue weighted by molar-refractivity contribution is -0.142. The molecule has 62 heavy (non-hydrogen) atoms. The van der Waals surface area contributed by atoms with Crippen LogP contribution in [0, 0.1) is 17.8 Å². The predicted octanol–water partition coefficient (Wildman–Crippen LogP) is 7.06. The number of hydrogen-bond donors (Lipinski definition) is 4. The highest BCUT2D eigenvalue weighted by Crippen LogP contribution is 2.40. The van der Waals surface area contributed by atoms with Crippen molar-refractivity contribution in [2.24, 2.45) is 29.2 Å². The lowest BCUT2D eigenvalue weighted by Gasteiger charge is -2.32. The first-order valence-corrected chi connectivity index (χ1v) is 21.5. The maximum Gasteiger partial charge on any atom is 0.226 e. The van der Waals surface area contributed by atoms with Crippen LogP contribution >= 0.6 is 11.6 Å². The van der Waals surface area contributed by atoms with E-state index in [4.69, 9.17) is 27.8 Å². The minimum atomic E-state index is -1.23. The highest BCUT2D eigenvalue weighted by molar-refractivity contribution is 6.30. The molecule has 0 radical (unpaired) electrons. The molecule has 1 aliphatic rings. The molecule has 0 aliphatic carbocycles. The van der Waals surface area contributed by atoms with Gasteiger partial charge >= 0.3 is 0 Å². The molecule has 0 unspecified atom stereocenters. The van der Waals surface area contributed by atoms with Gasteiger partial charge in [0.05, 0.1) is 6.04 Å². The normalized spacial score (nSPS) is 17.6. The van der Waals surface area contributed by atoms with Crippen LogP contribution < -0.4 is 21.5 Å². The SMILES string of the molecule is CC(=O)[C@H](C)CC(=O)[C@@H]1Cc2ccc(O)c(c2)-c2cc(ccc2OCCN)[C@H](N(C)C(=O)[C@H](CCCCN)CC(=O)c2ccc(-c3ccc(Cl)cc3)cc2)C(=O)C[C@@H](C)C(=O)N1. The number of carbonyl (C=O) groups is 6. The van der Waals surface area contributed by atoms with Crippen LogP contribution in [0.5, 0.6) is 11.5 Å². The van der Waals surface area contributed by atoms with Crippen molar-refractivity contribution in [1.29, 1.82) is 0 Å². The molecule has 4 bridgehead atoms. The van der Waals surface area contributed by atoms with Gasteiger partial charge < -0.3 is 31.5 Å². The number of carbonyl (C=O) groups excluding carboxylic acids is 6. The van der Waals surface area contributed by atoms with Gasteiger partial charge in [0.15, 0.2) is 17.3 Å². The number of ketones is 4. The smallest absolute Gasteiger partial charge is 0.226 e. The molecule has 12 nitrogen and oxygen atoms in total. The van der Waals surface area contributed by atoms with Crippen LogP contribution in [0.2, 0.25) is 5.02 Å². The van der Waals surface area contributed by atoms with Gasteiger partial charge in [-0.05, 0) is 91.4 Å². The van der Waals surface area contributed by atoms with Crippen LogP contribution in [0.25, 0.3) is 22.3 Å². The largest absolute Gasteiger partial charge is 0.507 e. The van der Waals surface area contributed by atoms with Gasteiger partial charge in [-0.3, -0.25) is 28.8 Å². The van der Waals surface area contributed by atoms with E-state index in [2.05, 4.69) is 5.32 Å². The Kier molecular flexibility index (Phi) is 16.7. The van der Waals surface area contributed by atoms with Crippen molar-refractivity contribution in [3.05, 3.63) is 107 Å². The molecular formula is C49H57ClN4O8. The standard InChI is InChI=1S/C49H57ClN4O8/c1-29(31(3)55)23-44(58)41-26-32-8-18-42(56)39(25-32)40-27-36(15-19-46(40)62-22-21-52)47(45(59)24-30(2)48(60)53-41)54(4)49(61)37(7-5-6-20-51)28-43(57)35-11-9-33(10-12-35)34-13-16-38(50)17-14-34/h8-19,25,27,29-30,37,41,47,56H,5-7,20-24,26,28,51-52H2,1-4H3,(H,53,60)/t29-,30-,37-,41+,47+/m1/s1. The van der Waals surface area contributed by atoms with Gasteiger partial charge in [-0.2, -0.15) is 0 Å². The Hall–Kier alpha value is -5.69. The summed E-state index contributed by atoms with van der Waals surface area (Å²) in [5.41, 5.74) is 15.6. The van der Waals surface area contributed by atoms with Crippen LogP contribution in [0.1, 0.15) is 86.8 Å². The summed E-state index contributed by atoms with van der Waals surface area (Å²) in [5, 5.41) is 14.7. The van der Waals surface area contributed by atoms with E-state index in [0.29, 0.717) is 64.4 Å². The third kappa shape index (κ3) is 12.0. The zero-order chi connectivity index (χ0) is 45.1. The summed E-state index contributed by atoms with van der Waals surface area (Å²) in [5.74, 6) is -4.27. The molecule has 2 amide bonds. The monoisotopic (exact) mass is 864 g/mol. The molecular weight excluding hydrogens is 808 g/mol. The first kappa shape index (κ1) is 47.4. The molecule has 0 saturated carbocycles. The molecule has 0 saturated heterocycles. The Labute approximate surface area is 368 Å². The predicted molar refractivity (Wildman–Crippen MR) is 240 cm³/mol. The van der Waals surface area contributed by atoms with Crippen LogP contribution in [0.4, 0.5) is 0 Å². The first-order valence-electron chi connectivity index (χ1n) is 21.1. The number of ether oxygens (including phenoxy) is 1. The fraction of sp³-hybridized carbons (Fsp3) is 0.388. The lowest BCUT2D eigenvalue weighted by Crippen LogP contribution is -2.46. The number of fused-ring (bicyclic) bond motifs is 5. The Balaban J connectivity index is 1.54. The van der Waals surface area contributed by atoms with Crippen LogP contribution in [0.3, 0.4) is 0 Å². The number of halogens is 1. The number of amides is 2. The van der Waals surface area contributed by atoms with Gasteiger partial charge in [0.25, 0.3) is 0 Å². The fourth-order valence-corrected chi connectivity index (χ4v) is 7.88. The number of phenolic OH excluding ortho intramolecular Hbond substituents is 1. The number of nitrogens with one attached hydrogen (secondary N) is 1. The number of benzene rings is 4. The second kappa shape index (κ2) is 21.9. The molecule has 1 aliphatic heterocycles. The molecule has 4 aromatic rings. The third-order valence-corrected chi connectivity index (χ3v) is 11.8. The number of rotatable bonds is 17. The van der Waals surface area contributed by atoms with Crippen molar-refractivity contribution >= 4 is 46.5 Å². The summed E-state index contributed by atoms with van der Waals surface area (Å²) in [6, 6.07) is 22.1. The number of phenols is 1. The summed E-state index contributed by atoms with van der Waals surface area (Å²) in [4.78, 5) is 84.2. The summed E-state index contributed by atoms with van der Waals surface area (Å²) in [7, 11) is 1.52. The van der Waals surface area contributed by atoms with E-state index in [1.165, 1.54) is 24.9 Å². The van der Waals surface area contributed by atoms with E-state index in [1.54, 1.807) is 68.4 Å². The molecule has 0 spiro atoms. The molecule has 0 fully saturated rings. The Morgan fingerprint density at radius 1 is 0.871 bits per heavy atom. The number of hydrogen-bond acceptors (Lipinski definition) is 10. The fourth-order valence-electron chi connectivity index (χ4n) is 7.76. The van der Waals surface area contributed by atoms with E-state index in [0.717, 1.165) is 11.1 Å². The molecule has 5 rings (SSSR count). The van der Waals surface area contributed by atoms with Gasteiger partial charge in [0.1, 0.15) is 29.9 Å². The number of likely N-dealkylation sites (N-methyl/N-ethyl adjacent to an activating group) is 1. The quantitative estimate of drug-likeness (QED) is 0.0630. The lowest BCUT2D eigenvalue weighted by atomic mass is 9.87. The summed E-state index contributed by atoms with van der Waals surface area (Å²) >= 11 is 6.07. The number of unbranched alkanes of at least 4 members (excludes halogenated alkanes) is 1. The number of Topliss-reactive ketones (excluding diaryl/α,β-unsaturated/α-hetero) is 4. The number of nitrogens with zero attached hydrogens (tertiary/aromatic N) is 1. The minimum absolute atomic E-state index is 0.0540. The van der Waals surface area contributed by atoms with E-state index in [9.17, 15) is 33.9 Å². The average Bonchev–Trinajstić information content (AvgIpc) is 3.25. The average molecular weight is 865 g/mol. The summed E-state index contributed by atoms with van der Waals surface area (Å²) < 4.78 is 6.03. The molecule has 6 N–H and O–H groups in total. The Morgan fingerprint density at radius 2 is 1.55 bits per heavy atom. The number of nitrogens with two attached hydrogens (primary N) is 2. The summed E-state index contributed by atoms with van der Waals surface area (Å²) in [6.45, 7) is 5.38. The van der Waals surface area contributed by atoms with Gasteiger partial charge in [0.2, 0.25) is 11.8 Å². The van der Waals surface area contributed by atoms with Gasteiger partial charge in [0, 0.05) is 72.3 Å². The van der Waals surface area contributed by atoms with E-state index >= 15 is 0 Å². The number of aromatic hydroxyl groups is 1. The van der Waals surface area contributed by atoms with Gasteiger partial charge in [-0.25, -0.2) is 0 Å². The van der Waals surface area contributed by atoms with E-state index in [-0.39, 0.29) is 61.9 Å². The zero-order valence-corrected chi connectivity index (χ0v) is 36.6. The third-order valence-electron chi connectivity index (χ3n) is 11.6. The van der Waals surface area contributed by atoms with E-state index < -0.39 is 47.4 Å². The first-order chi connectivity index (χ1) is 29.6. The van der Waals surface area contributed by atoms with Gasteiger partial charge in [-0.15, -0.1) is 0 Å². The van der Waals surface area contributed by atoms with Crippen molar-refractivity contribution in [3.8, 4) is 33.8 Å².